The number of alkyl halides is 3. The smallest absolute Gasteiger partial charge is 0.414 e. The molecule has 0 saturated carbocycles. The van der Waals surface area contributed by atoms with Gasteiger partial charge in [-0.05, 0) is 19.1 Å². The molecule has 1 aromatic rings. The lowest BCUT2D eigenvalue weighted by Gasteiger charge is -2.17. The minimum Gasteiger partial charge on any atom is -0.490 e. The molecule has 0 aromatic heterocycles. The van der Waals surface area contributed by atoms with Gasteiger partial charge in [-0.15, -0.1) is 0 Å². The maximum Gasteiger partial charge on any atom is 0.414 e. The van der Waals surface area contributed by atoms with Crippen molar-refractivity contribution >= 4 is 17.2 Å². The third-order valence-corrected chi connectivity index (χ3v) is 2.54. The number of ether oxygens (including phenoxy) is 2. The van der Waals surface area contributed by atoms with E-state index in [1.54, 1.807) is 24.3 Å². The Hall–Kier alpha value is -1.34. The van der Waals surface area contributed by atoms with Gasteiger partial charge in [-0.2, -0.15) is 13.2 Å². The van der Waals surface area contributed by atoms with Gasteiger partial charge in [-0.1, -0.05) is 24.4 Å². The van der Waals surface area contributed by atoms with Gasteiger partial charge in [-0.25, -0.2) is 0 Å². The SMILES string of the molecule is CC(OCCOc1ccccc1C(N)=S)C(F)(F)F. The van der Waals surface area contributed by atoms with Crippen molar-refractivity contribution in [2.24, 2.45) is 5.73 Å². The first kappa shape index (κ1) is 15.7. The van der Waals surface area contributed by atoms with E-state index in [0.29, 0.717) is 11.3 Å². The highest BCUT2D eigenvalue weighted by atomic mass is 32.1. The van der Waals surface area contributed by atoms with E-state index in [1.165, 1.54) is 0 Å². The van der Waals surface area contributed by atoms with Crippen LogP contribution in [0.4, 0.5) is 13.2 Å². The Morgan fingerprint density at radius 3 is 2.53 bits per heavy atom. The van der Waals surface area contributed by atoms with E-state index < -0.39 is 12.3 Å². The maximum absolute atomic E-state index is 12.2. The molecule has 2 N–H and O–H groups in total. The van der Waals surface area contributed by atoms with Crippen molar-refractivity contribution in [1.82, 2.24) is 0 Å². The molecule has 1 atom stereocenters. The second kappa shape index (κ2) is 6.72. The molecule has 3 nitrogen and oxygen atoms in total. The summed E-state index contributed by atoms with van der Waals surface area (Å²) in [7, 11) is 0. The highest BCUT2D eigenvalue weighted by Crippen LogP contribution is 2.22. The van der Waals surface area contributed by atoms with E-state index in [2.05, 4.69) is 4.74 Å². The predicted molar refractivity (Wildman–Crippen MR) is 69.3 cm³/mol. The fraction of sp³-hybridized carbons (Fsp3) is 0.417. The molecule has 7 heteroatoms. The summed E-state index contributed by atoms with van der Waals surface area (Å²) in [5, 5.41) is 0. The van der Waals surface area contributed by atoms with Gasteiger partial charge in [0.15, 0.2) is 6.10 Å². The molecular weight excluding hydrogens is 279 g/mol. The van der Waals surface area contributed by atoms with E-state index in [1.807, 2.05) is 0 Å². The van der Waals surface area contributed by atoms with Gasteiger partial charge >= 0.3 is 6.18 Å². The second-order valence-corrected chi connectivity index (χ2v) is 4.20. The Bertz CT molecular complexity index is 437. The van der Waals surface area contributed by atoms with Crippen molar-refractivity contribution in [1.29, 1.82) is 0 Å². The molecule has 0 amide bonds. The lowest BCUT2D eigenvalue weighted by Crippen LogP contribution is -2.30. The molecule has 0 heterocycles. The van der Waals surface area contributed by atoms with Gasteiger partial charge in [0.05, 0.1) is 12.2 Å². The molecule has 0 aliphatic carbocycles. The number of thiocarbonyl (C=S) groups is 1. The Kier molecular flexibility index (Phi) is 5.56. The topological polar surface area (TPSA) is 44.5 Å². The summed E-state index contributed by atoms with van der Waals surface area (Å²) in [6, 6.07) is 6.78. The van der Waals surface area contributed by atoms with Gasteiger partial charge in [-0.3, -0.25) is 0 Å². The van der Waals surface area contributed by atoms with E-state index in [4.69, 9.17) is 22.7 Å². The van der Waals surface area contributed by atoms with Crippen molar-refractivity contribution in [3.8, 4) is 5.75 Å². The molecule has 0 fully saturated rings. The molecule has 1 aromatic carbocycles. The molecule has 0 bridgehead atoms. The highest BCUT2D eigenvalue weighted by molar-refractivity contribution is 7.80. The van der Waals surface area contributed by atoms with Crippen molar-refractivity contribution in [2.75, 3.05) is 13.2 Å². The third kappa shape index (κ3) is 5.04. The largest absolute Gasteiger partial charge is 0.490 e. The van der Waals surface area contributed by atoms with Crippen LogP contribution in [0.1, 0.15) is 12.5 Å². The summed E-state index contributed by atoms with van der Waals surface area (Å²) < 4.78 is 46.4. The van der Waals surface area contributed by atoms with Crippen LogP contribution < -0.4 is 10.5 Å². The van der Waals surface area contributed by atoms with Crippen LogP contribution in [0, 0.1) is 0 Å². The summed E-state index contributed by atoms with van der Waals surface area (Å²) in [4.78, 5) is 0.167. The van der Waals surface area contributed by atoms with Crippen LogP contribution in [0.3, 0.4) is 0 Å². The molecule has 19 heavy (non-hydrogen) atoms. The standard InChI is InChI=1S/C12H14F3NO2S/c1-8(12(13,14)15)17-6-7-18-10-5-3-2-4-9(10)11(16)19/h2-5,8H,6-7H2,1H3,(H2,16,19). The van der Waals surface area contributed by atoms with Crippen molar-refractivity contribution in [2.45, 2.75) is 19.2 Å². The summed E-state index contributed by atoms with van der Waals surface area (Å²) in [5.41, 5.74) is 6.04. The summed E-state index contributed by atoms with van der Waals surface area (Å²) >= 11 is 4.84. The Morgan fingerprint density at radius 1 is 1.32 bits per heavy atom. The summed E-state index contributed by atoms with van der Waals surface area (Å²) in [6.07, 6.45) is -6.18. The molecule has 0 aliphatic rings. The first-order chi connectivity index (χ1) is 8.82. The molecule has 1 unspecified atom stereocenters. The van der Waals surface area contributed by atoms with Crippen molar-refractivity contribution in [3.05, 3.63) is 29.8 Å². The number of halogens is 3. The third-order valence-electron chi connectivity index (χ3n) is 2.32. The average Bonchev–Trinajstić information content (AvgIpc) is 2.33. The lowest BCUT2D eigenvalue weighted by atomic mass is 10.2. The summed E-state index contributed by atoms with van der Waals surface area (Å²) in [6.45, 7) is 0.759. The minimum absolute atomic E-state index is 0.0138. The summed E-state index contributed by atoms with van der Waals surface area (Å²) in [5.74, 6) is 0.429. The quantitative estimate of drug-likeness (QED) is 0.647. The number of hydrogen-bond donors (Lipinski definition) is 1. The monoisotopic (exact) mass is 293 g/mol. The van der Waals surface area contributed by atoms with Crippen molar-refractivity contribution < 1.29 is 22.6 Å². The predicted octanol–water partition coefficient (Wildman–Crippen LogP) is 2.67. The first-order valence-corrected chi connectivity index (χ1v) is 5.93. The zero-order valence-electron chi connectivity index (χ0n) is 10.2. The normalized spacial score (nSPS) is 13.1. The molecule has 0 saturated heterocycles. The Morgan fingerprint density at radius 2 is 1.95 bits per heavy atom. The molecular formula is C12H14F3NO2S. The highest BCUT2D eigenvalue weighted by Gasteiger charge is 2.36. The fourth-order valence-electron chi connectivity index (χ4n) is 1.27. The minimum atomic E-state index is -4.36. The Labute approximate surface area is 114 Å². The Balaban J connectivity index is 2.44. The molecule has 0 spiro atoms. The maximum atomic E-state index is 12.2. The van der Waals surface area contributed by atoms with Crippen LogP contribution in [-0.2, 0) is 4.74 Å². The van der Waals surface area contributed by atoms with Crippen LogP contribution >= 0.6 is 12.2 Å². The number of nitrogens with two attached hydrogens (primary N) is 1. The fourth-order valence-corrected chi connectivity index (χ4v) is 1.44. The number of hydrogen-bond acceptors (Lipinski definition) is 3. The van der Waals surface area contributed by atoms with Gasteiger partial charge < -0.3 is 15.2 Å². The number of benzene rings is 1. The van der Waals surface area contributed by atoms with Gasteiger partial charge in [0.25, 0.3) is 0 Å². The number of rotatable bonds is 6. The van der Waals surface area contributed by atoms with E-state index in [0.717, 1.165) is 6.92 Å². The first-order valence-electron chi connectivity index (χ1n) is 5.52. The lowest BCUT2D eigenvalue weighted by molar-refractivity contribution is -0.215. The zero-order chi connectivity index (χ0) is 14.5. The van der Waals surface area contributed by atoms with E-state index in [-0.39, 0.29) is 18.2 Å². The van der Waals surface area contributed by atoms with Crippen LogP contribution in [0.15, 0.2) is 24.3 Å². The van der Waals surface area contributed by atoms with Gasteiger partial charge in [0.2, 0.25) is 0 Å². The van der Waals surface area contributed by atoms with Crippen LogP contribution in [0.5, 0.6) is 5.75 Å². The van der Waals surface area contributed by atoms with Gasteiger partial charge in [0.1, 0.15) is 17.3 Å². The molecule has 106 valence electrons. The molecule has 0 aliphatic heterocycles. The van der Waals surface area contributed by atoms with Gasteiger partial charge in [0, 0.05) is 0 Å². The van der Waals surface area contributed by atoms with E-state index >= 15 is 0 Å². The molecule has 0 radical (unpaired) electrons. The molecule has 1 rings (SSSR count). The van der Waals surface area contributed by atoms with Crippen molar-refractivity contribution in [3.63, 3.8) is 0 Å². The van der Waals surface area contributed by atoms with Crippen LogP contribution in [0.25, 0.3) is 0 Å². The van der Waals surface area contributed by atoms with Crippen LogP contribution in [0.2, 0.25) is 0 Å². The number of para-hydroxylation sites is 1. The second-order valence-electron chi connectivity index (χ2n) is 3.76. The zero-order valence-corrected chi connectivity index (χ0v) is 11.1. The van der Waals surface area contributed by atoms with Crippen LogP contribution in [-0.4, -0.2) is 30.5 Å². The van der Waals surface area contributed by atoms with E-state index in [9.17, 15) is 13.2 Å². The average molecular weight is 293 g/mol.